The molecule has 0 radical (unpaired) electrons. The van der Waals surface area contributed by atoms with Gasteiger partial charge in [0.05, 0.1) is 12.5 Å². The number of rotatable bonds is 13. The molecular formula is C38H44N4O7. The zero-order valence-electron chi connectivity index (χ0n) is 28.2. The first-order valence-electron chi connectivity index (χ1n) is 16.7. The van der Waals surface area contributed by atoms with Crippen molar-refractivity contribution in [2.24, 2.45) is 5.41 Å². The average Bonchev–Trinajstić information content (AvgIpc) is 3.68. The lowest BCUT2D eigenvalue weighted by molar-refractivity contribution is -0.144. The van der Waals surface area contributed by atoms with Gasteiger partial charge in [-0.15, -0.1) is 0 Å². The van der Waals surface area contributed by atoms with E-state index in [9.17, 15) is 29.1 Å². The molecule has 3 atom stereocenters. The smallest absolute Gasteiger partial charge is 0.326 e. The predicted molar refractivity (Wildman–Crippen MR) is 184 cm³/mol. The fourth-order valence-corrected chi connectivity index (χ4v) is 7.12. The van der Waals surface area contributed by atoms with Gasteiger partial charge in [-0.25, -0.2) is 4.79 Å². The Labute approximate surface area is 286 Å². The second-order valence-corrected chi connectivity index (χ2v) is 12.9. The fraction of sp³-hybridized carbons (Fsp3) is 0.395. The van der Waals surface area contributed by atoms with Crippen LogP contribution in [0.25, 0.3) is 0 Å². The molecule has 5 rings (SSSR count). The Bertz CT molecular complexity index is 1650. The van der Waals surface area contributed by atoms with Crippen molar-refractivity contribution in [1.82, 2.24) is 15.5 Å². The molecule has 3 aromatic carbocycles. The van der Waals surface area contributed by atoms with Gasteiger partial charge in [0.15, 0.2) is 0 Å². The maximum Gasteiger partial charge on any atom is 0.326 e. The third-order valence-corrected chi connectivity index (χ3v) is 9.69. The van der Waals surface area contributed by atoms with Gasteiger partial charge in [-0.3, -0.25) is 24.1 Å². The van der Waals surface area contributed by atoms with Crippen LogP contribution in [-0.4, -0.2) is 65.3 Å². The Morgan fingerprint density at radius 1 is 0.918 bits per heavy atom. The van der Waals surface area contributed by atoms with Gasteiger partial charge in [-0.1, -0.05) is 67.4 Å². The number of amides is 4. The molecule has 1 heterocycles. The highest BCUT2D eigenvalue weighted by Crippen LogP contribution is 2.42. The van der Waals surface area contributed by atoms with E-state index in [1.165, 1.54) is 13.8 Å². The Kier molecular flexibility index (Phi) is 11.0. The number of carbonyl (C=O) groups excluding carboxylic acids is 4. The van der Waals surface area contributed by atoms with Crippen LogP contribution >= 0.6 is 0 Å². The standard InChI is InChI=1S/C38H44N4O7/c1-25(43)39-22-21-38(19-7-8-20-38)37(48)40-32(36(46)47)23-27-11-15-30(16-12-27)42-34(29-9-5-4-6-10-29)41(26(2)44)33(35(42)45)24-28-13-17-31(49-3)18-14-28/h4-6,9-18,32-34H,7-8,19-24H2,1-3H3,(H,39,43)(H,40,48)(H,46,47). The number of methoxy groups -OCH3 is 1. The fourth-order valence-electron chi connectivity index (χ4n) is 7.12. The molecule has 0 spiro atoms. The van der Waals surface area contributed by atoms with Crippen LogP contribution in [0.3, 0.4) is 0 Å². The van der Waals surface area contributed by atoms with Gasteiger partial charge in [-0.2, -0.15) is 0 Å². The molecule has 11 heteroatoms. The predicted octanol–water partition coefficient (Wildman–Crippen LogP) is 4.40. The number of nitrogens with zero attached hydrogens (tertiary/aromatic N) is 2. The topological polar surface area (TPSA) is 145 Å². The van der Waals surface area contributed by atoms with Crippen LogP contribution in [0.1, 0.15) is 68.8 Å². The van der Waals surface area contributed by atoms with E-state index in [0.717, 1.165) is 24.0 Å². The maximum absolute atomic E-state index is 14.2. The molecule has 3 aromatic rings. The van der Waals surface area contributed by atoms with Crippen LogP contribution in [0, 0.1) is 5.41 Å². The van der Waals surface area contributed by atoms with Crippen molar-refractivity contribution in [3.8, 4) is 5.75 Å². The first-order chi connectivity index (χ1) is 23.5. The van der Waals surface area contributed by atoms with E-state index in [-0.39, 0.29) is 30.0 Å². The first kappa shape index (κ1) is 35.1. The van der Waals surface area contributed by atoms with Crippen molar-refractivity contribution in [1.29, 1.82) is 0 Å². The molecular weight excluding hydrogens is 624 g/mol. The molecule has 1 aliphatic carbocycles. The summed E-state index contributed by atoms with van der Waals surface area (Å²) < 4.78 is 5.28. The van der Waals surface area contributed by atoms with Crippen LogP contribution in [0.15, 0.2) is 78.9 Å². The summed E-state index contributed by atoms with van der Waals surface area (Å²) in [5.41, 5.74) is 2.17. The molecule has 1 aliphatic heterocycles. The highest BCUT2D eigenvalue weighted by atomic mass is 16.5. The SMILES string of the molecule is COc1ccc(CC2C(=O)N(c3ccc(CC(NC(=O)C4(CCNC(C)=O)CCCC4)C(=O)O)cc3)C(c3ccccc3)N2C(C)=O)cc1. The molecule has 2 aliphatic rings. The van der Waals surface area contributed by atoms with Gasteiger partial charge in [0.1, 0.15) is 24.0 Å². The maximum atomic E-state index is 14.2. The normalized spacial score (nSPS) is 19.0. The lowest BCUT2D eigenvalue weighted by Crippen LogP contribution is -2.49. The first-order valence-corrected chi connectivity index (χ1v) is 16.7. The minimum absolute atomic E-state index is 0.0405. The molecule has 3 unspecified atom stereocenters. The van der Waals surface area contributed by atoms with Crippen LogP contribution < -0.4 is 20.3 Å². The largest absolute Gasteiger partial charge is 0.497 e. The molecule has 2 fully saturated rings. The minimum atomic E-state index is -1.16. The number of carbonyl (C=O) groups is 5. The summed E-state index contributed by atoms with van der Waals surface area (Å²) in [6, 6.07) is 21.9. The highest BCUT2D eigenvalue weighted by molar-refractivity contribution is 6.03. The van der Waals surface area contributed by atoms with E-state index in [1.54, 1.807) is 41.2 Å². The Hall–Kier alpha value is -5.19. The van der Waals surface area contributed by atoms with Crippen LogP contribution in [-0.2, 0) is 36.8 Å². The number of carboxylic acids is 1. The van der Waals surface area contributed by atoms with Crippen molar-refractivity contribution >= 4 is 35.3 Å². The Morgan fingerprint density at radius 2 is 1.55 bits per heavy atom. The summed E-state index contributed by atoms with van der Waals surface area (Å²) in [6.45, 7) is 3.24. The summed E-state index contributed by atoms with van der Waals surface area (Å²) >= 11 is 0. The van der Waals surface area contributed by atoms with Crippen LogP contribution in [0.5, 0.6) is 5.75 Å². The van der Waals surface area contributed by atoms with Gasteiger partial charge >= 0.3 is 5.97 Å². The highest BCUT2D eigenvalue weighted by Gasteiger charge is 2.48. The average molecular weight is 669 g/mol. The summed E-state index contributed by atoms with van der Waals surface area (Å²) in [5, 5.41) is 15.6. The van der Waals surface area contributed by atoms with Crippen molar-refractivity contribution in [3.63, 3.8) is 0 Å². The number of nitrogens with one attached hydrogen (secondary N) is 2. The van der Waals surface area contributed by atoms with E-state index >= 15 is 0 Å². The molecule has 1 saturated heterocycles. The number of ether oxygens (including phenoxy) is 1. The Morgan fingerprint density at radius 3 is 2.12 bits per heavy atom. The van der Waals surface area contributed by atoms with E-state index in [2.05, 4.69) is 10.6 Å². The Balaban J connectivity index is 1.38. The summed E-state index contributed by atoms with van der Waals surface area (Å²) in [5.74, 6) is -1.41. The van der Waals surface area contributed by atoms with Crippen molar-refractivity contribution < 1.29 is 33.8 Å². The third kappa shape index (κ3) is 7.93. The molecule has 3 N–H and O–H groups in total. The van der Waals surface area contributed by atoms with Gasteiger partial charge in [0.2, 0.25) is 17.7 Å². The molecule has 1 saturated carbocycles. The molecule has 0 bridgehead atoms. The monoisotopic (exact) mass is 668 g/mol. The van der Waals surface area contributed by atoms with E-state index < -0.39 is 29.6 Å². The second-order valence-electron chi connectivity index (χ2n) is 12.9. The molecule has 258 valence electrons. The van der Waals surface area contributed by atoms with E-state index in [4.69, 9.17) is 4.74 Å². The molecule has 49 heavy (non-hydrogen) atoms. The summed E-state index contributed by atoms with van der Waals surface area (Å²) in [6.07, 6.45) is 3.13. The zero-order chi connectivity index (χ0) is 35.1. The van der Waals surface area contributed by atoms with Gasteiger partial charge in [0.25, 0.3) is 5.91 Å². The second kappa shape index (κ2) is 15.4. The molecule has 4 amide bonds. The van der Waals surface area contributed by atoms with Gasteiger partial charge in [0, 0.05) is 38.9 Å². The molecule has 11 nitrogen and oxygen atoms in total. The quantitative estimate of drug-likeness (QED) is 0.245. The number of benzene rings is 3. The van der Waals surface area contributed by atoms with Crippen molar-refractivity contribution in [3.05, 3.63) is 95.6 Å². The zero-order valence-corrected chi connectivity index (χ0v) is 28.2. The summed E-state index contributed by atoms with van der Waals surface area (Å²) in [7, 11) is 1.59. The number of aliphatic carboxylic acids is 1. The van der Waals surface area contributed by atoms with Crippen molar-refractivity contribution in [2.45, 2.75) is 77.0 Å². The van der Waals surface area contributed by atoms with Crippen LogP contribution in [0.4, 0.5) is 5.69 Å². The number of anilines is 1. The number of hydrogen-bond acceptors (Lipinski definition) is 6. The van der Waals surface area contributed by atoms with Gasteiger partial charge in [-0.05, 0) is 60.2 Å². The van der Waals surface area contributed by atoms with Crippen LogP contribution in [0.2, 0.25) is 0 Å². The minimum Gasteiger partial charge on any atom is -0.497 e. The summed E-state index contributed by atoms with van der Waals surface area (Å²) in [4.78, 5) is 67.9. The lowest BCUT2D eigenvalue weighted by Gasteiger charge is -2.31. The number of carboxylic acid groups (broad SMARTS) is 1. The van der Waals surface area contributed by atoms with E-state index in [0.29, 0.717) is 49.2 Å². The lowest BCUT2D eigenvalue weighted by atomic mass is 9.81. The molecule has 0 aromatic heterocycles. The van der Waals surface area contributed by atoms with E-state index in [1.807, 2.05) is 54.6 Å². The number of hydrogen-bond donors (Lipinski definition) is 3. The third-order valence-electron chi connectivity index (χ3n) is 9.69. The van der Waals surface area contributed by atoms with Crippen molar-refractivity contribution in [2.75, 3.05) is 18.6 Å². The van der Waals surface area contributed by atoms with Gasteiger partial charge < -0.3 is 25.4 Å².